The Morgan fingerprint density at radius 3 is 0.798 bits per heavy atom. The molecule has 0 atom stereocenters. The fourth-order valence-corrected chi connectivity index (χ4v) is 23.6. The van der Waals surface area contributed by atoms with Crippen LogP contribution in [0.3, 0.4) is 0 Å². The Kier molecular flexibility index (Phi) is 54.7. The molecule has 6 saturated heterocycles. The molecule has 0 spiro atoms. The second-order valence-corrected chi connectivity index (χ2v) is 39.9. The first-order valence-electron chi connectivity index (χ1n) is 40.8. The van der Waals surface area contributed by atoms with Crippen molar-refractivity contribution in [2.24, 2.45) is 0 Å². The molecule has 0 bridgehead atoms. The van der Waals surface area contributed by atoms with Crippen molar-refractivity contribution in [3.8, 4) is 0 Å². The number of aromatic nitrogens is 18. The average molecular weight is 2800 g/mol. The maximum atomic E-state index is 4.31. The van der Waals surface area contributed by atoms with Crippen LogP contribution in [0.15, 0.2) is 68.3 Å². The summed E-state index contributed by atoms with van der Waals surface area (Å²) in [4.78, 5) is 25.5. The molecule has 0 amide bonds. The molecule has 6 aliphatic rings. The third kappa shape index (κ3) is 30.8. The molecule has 0 unspecified atom stereocenters. The molecular weight excluding hydrogens is 2680 g/mol. The summed E-state index contributed by atoms with van der Waals surface area (Å²) in [7, 11) is 10.9. The Labute approximate surface area is 818 Å². The van der Waals surface area contributed by atoms with Gasteiger partial charge in [-0.1, -0.05) is 194 Å². The van der Waals surface area contributed by atoms with Gasteiger partial charge >= 0.3 is 6.98 Å². The summed E-state index contributed by atoms with van der Waals surface area (Å²) in [6.45, 7) is 54.1. The van der Waals surface area contributed by atoms with Gasteiger partial charge in [0.25, 0.3) is 34.9 Å². The molecule has 12 heterocycles. The maximum absolute atomic E-state index is 4.31. The van der Waals surface area contributed by atoms with E-state index in [1.54, 1.807) is 0 Å². The summed E-state index contributed by atoms with van der Waals surface area (Å²) in [5.41, 5.74) is 1.24. The first-order chi connectivity index (χ1) is 54.2. The molecule has 7 aromatic rings. The minimum atomic E-state index is -0.137. The van der Waals surface area contributed by atoms with Crippen LogP contribution < -0.4 is 61.9 Å². The van der Waals surface area contributed by atoms with E-state index >= 15 is 0 Å². The third-order valence-corrected chi connectivity index (χ3v) is 32.9. The molecule has 0 aliphatic carbocycles. The Morgan fingerprint density at radius 1 is 0.277 bits per heavy atom. The summed E-state index contributed by atoms with van der Waals surface area (Å²) in [6.07, 6.45) is 21.7. The molecule has 6 aromatic heterocycles. The minimum Gasteiger partial charge on any atom is -0.447 e. The van der Waals surface area contributed by atoms with Gasteiger partial charge in [-0.05, 0) is 111 Å². The number of anilines is 7. The molecule has 60 heteroatoms. The molecule has 36 nitrogen and oxygen atoms in total. The fraction of sp³-hybridized carbons (Fsp3) is 0.695. The van der Waals surface area contributed by atoms with E-state index in [-0.39, 0.29) is 192 Å². The predicted molar refractivity (Wildman–Crippen MR) is 487 cm³/mol. The number of hydrogen-bond acceptors (Lipinski definition) is 30. The quantitative estimate of drug-likeness (QED) is 0.0614. The second kappa shape index (κ2) is 57.4. The van der Waals surface area contributed by atoms with E-state index in [0.717, 1.165) is 68.3 Å². The van der Waals surface area contributed by atoms with Crippen molar-refractivity contribution in [3.63, 3.8) is 0 Å². The minimum absolute atomic E-state index is 0. The number of rotatable bonds is 23. The van der Waals surface area contributed by atoms with Gasteiger partial charge in [0.15, 0.2) is 9.84 Å². The first kappa shape index (κ1) is 113. The Morgan fingerprint density at radius 2 is 0.521 bits per heavy atom. The zero-order chi connectivity index (χ0) is 82.2. The maximum Gasteiger partial charge on any atom is 0.320 e. The van der Waals surface area contributed by atoms with E-state index in [4.69, 9.17) is 0 Å². The molecule has 664 valence electrons. The van der Waals surface area contributed by atoms with E-state index < -0.39 is 0 Å². The third-order valence-electron chi connectivity index (χ3n) is 22.5. The van der Waals surface area contributed by atoms with Gasteiger partial charge in [0, 0.05) is 168 Å². The SMILES string of the molecule is CB1N(C)[SiH]N(c2ncn[n-]2)B(C)N1C(C)C.CB1N(c2ccccc2)[SiH]N(c2ncn[n-]2)B(C)N1C(C)C.CCCCCCN1B(C)N(C)[SiH]N(c2ncn[n-]2)B1C.CCCCCN1B(C)N(C)[SiH]N(c2ncn[n-]2)B1C.CCCCN1B(C)N(C)[SiH]N(c2ncn[n-]2)B1C.CCCN1B(C)N(C)[SiH]N(c2ncn[n-]2)B1C.[Pt].[Pt].[Pt].[Pt].[Pt].[Pt]. The summed E-state index contributed by atoms with van der Waals surface area (Å²) in [5, 5.41) is 47.7. The Hall–Kier alpha value is -1.57. The van der Waals surface area contributed by atoms with Gasteiger partial charge in [0.05, 0.1) is 38.0 Å². The van der Waals surface area contributed by atoms with E-state index in [2.05, 4.69) is 376 Å². The normalized spacial score (nSPS) is 17.5. The molecule has 13 rings (SSSR count). The number of nitrogens with zero attached hydrogens (tertiary/aromatic N) is 36. The summed E-state index contributed by atoms with van der Waals surface area (Å²) in [5.74, 6) is 4.52. The number of para-hydroxylation sites is 1. The molecular formula is C59H122B12N36Pt6Si6-6. The van der Waals surface area contributed by atoms with Crippen LogP contribution >= 0.6 is 0 Å². The van der Waals surface area contributed by atoms with Crippen molar-refractivity contribution in [1.29, 1.82) is 0 Å². The van der Waals surface area contributed by atoms with Crippen LogP contribution in [0.2, 0.25) is 81.9 Å². The summed E-state index contributed by atoms with van der Waals surface area (Å²) < 4.78 is 43.1. The van der Waals surface area contributed by atoms with Crippen molar-refractivity contribution in [1.82, 2.24) is 142 Å². The molecule has 6 aliphatic heterocycles. The van der Waals surface area contributed by atoms with Gasteiger partial charge in [0.2, 0.25) is 41.9 Å². The van der Waals surface area contributed by atoms with Crippen LogP contribution in [-0.4, -0.2) is 328 Å². The number of unbranched alkanes of at least 4 members (excludes halogenated alkanes) is 6. The van der Waals surface area contributed by atoms with E-state index in [1.165, 1.54) is 101 Å². The van der Waals surface area contributed by atoms with Crippen molar-refractivity contribution in [2.45, 2.75) is 214 Å². The standard InChI is InChI=1S/C13H20B2N6Si.C11H24B2N6Si.C10H22B2N6Si.C9H20B2N6Si.2C8H18B2N6Si.6Pt/c1-11(2)19-14(3)20(12-8-6-5-7-9-12)22-21(15(19)4)13-16-10-17-18-13;1-5-6-7-8-9-18-12(2)17(4)20-19(13(18)3)11-14-10-15-16-11;1-5-6-7-8-17-11(2)16(4)19-18(12(17)3)10-13-9-14-15-10;1-5-6-7-16-10(2)15(4)18-17(11(16)3)9-12-8-13-14-9;1-7(2)15-9(3)14(5)17-16(10(15)4)8-11-6-12-13-8;1-5-6-15-9(2)14(4)17-16(10(15)3)8-11-7-12-13-8;;;;;;/h5-11,22H,1-4H3;10,20H,5-9H2,1-4H3;9,19H,5-8H2,1-4H3;8,18H,5-7H2,1-4H3;6-7,17H,1-5H3;7,17H,5-6H2,1-4H3;;;;;;/q6*-1;;;;;;. The smallest absolute Gasteiger partial charge is 0.320 e. The van der Waals surface area contributed by atoms with Gasteiger partial charge in [-0.25, -0.2) is 30.6 Å². The zero-order valence-electron chi connectivity index (χ0n) is 74.3. The van der Waals surface area contributed by atoms with Crippen molar-refractivity contribution < 1.29 is 126 Å². The Bertz CT molecular complexity index is 3660. The van der Waals surface area contributed by atoms with Crippen LogP contribution in [0.4, 0.5) is 41.4 Å². The second-order valence-electron chi connectivity index (χ2n) is 30.5. The van der Waals surface area contributed by atoms with Crippen molar-refractivity contribution >= 4 is 184 Å². The van der Waals surface area contributed by atoms with E-state index in [1.807, 2.05) is 0 Å². The number of hydrogen-bond donors (Lipinski definition) is 0. The zero-order valence-corrected chi connectivity index (χ0v) is 94.9. The number of benzene rings is 1. The van der Waals surface area contributed by atoms with Gasteiger partial charge < -0.3 is 112 Å². The van der Waals surface area contributed by atoms with Gasteiger partial charge in [-0.15, -0.1) is 0 Å². The molecule has 119 heavy (non-hydrogen) atoms. The average Bonchev–Trinajstić information content (AvgIpc) is 1.74. The monoisotopic (exact) mass is 2800 g/mol. The first-order valence-corrected chi connectivity index (χ1v) is 47.0. The fourth-order valence-electron chi connectivity index (χ4n) is 15.4. The van der Waals surface area contributed by atoms with E-state index in [9.17, 15) is 0 Å². The van der Waals surface area contributed by atoms with Gasteiger partial charge in [0.1, 0.15) is 49.2 Å². The van der Waals surface area contributed by atoms with E-state index in [0.29, 0.717) is 88.9 Å². The van der Waals surface area contributed by atoms with Gasteiger partial charge in [-0.3, -0.25) is 30.6 Å². The molecule has 6 fully saturated rings. The van der Waals surface area contributed by atoms with Crippen LogP contribution in [0.1, 0.15) is 120 Å². The molecule has 1 aromatic carbocycles. The van der Waals surface area contributed by atoms with Gasteiger partial charge in [-0.2, -0.15) is 0 Å². The van der Waals surface area contributed by atoms with Crippen LogP contribution in [0, 0.1) is 0 Å². The largest absolute Gasteiger partial charge is 0.447 e. The predicted octanol–water partition coefficient (Wildman–Crippen LogP) is 0.298. The van der Waals surface area contributed by atoms with Crippen molar-refractivity contribution in [2.75, 3.05) is 92.8 Å². The van der Waals surface area contributed by atoms with Crippen molar-refractivity contribution in [3.05, 3.63) is 68.3 Å². The van der Waals surface area contributed by atoms with Crippen LogP contribution in [-0.2, 0) is 126 Å². The summed E-state index contributed by atoms with van der Waals surface area (Å²) >= 11 is 0. The van der Waals surface area contributed by atoms with Crippen LogP contribution in [0.25, 0.3) is 0 Å². The van der Waals surface area contributed by atoms with Crippen LogP contribution in [0.5, 0.6) is 0 Å². The molecule has 0 N–H and O–H groups in total. The summed E-state index contributed by atoms with van der Waals surface area (Å²) in [6, 6.07) is 11.5. The topological polar surface area (TPSA) is 298 Å². The molecule has 0 saturated carbocycles. The molecule has 6 radical (unpaired) electrons. The Balaban J connectivity index is 0.000000480.